The summed E-state index contributed by atoms with van der Waals surface area (Å²) in [6, 6.07) is 10.3. The van der Waals surface area contributed by atoms with E-state index in [1.807, 2.05) is 20.2 Å². The number of carbonyl (C=O) groups is 1. The normalized spacial score (nSPS) is 16.0. The van der Waals surface area contributed by atoms with E-state index in [0.29, 0.717) is 5.56 Å². The van der Waals surface area contributed by atoms with Gasteiger partial charge in [-0.15, -0.1) is 24.8 Å². The van der Waals surface area contributed by atoms with Crippen molar-refractivity contribution in [1.82, 2.24) is 15.6 Å². The first-order valence-corrected chi connectivity index (χ1v) is 8.38. The topological polar surface area (TPSA) is 57.3 Å². The molecule has 2 aromatic rings. The van der Waals surface area contributed by atoms with Gasteiger partial charge in [0.25, 0.3) is 5.91 Å². The maximum atomic E-state index is 12.5. The van der Waals surface area contributed by atoms with Gasteiger partial charge in [-0.2, -0.15) is 0 Å². The third-order valence-corrected chi connectivity index (χ3v) is 4.35. The van der Waals surface area contributed by atoms with E-state index in [2.05, 4.69) is 44.8 Å². The fraction of sp³-hybridized carbons (Fsp3) is 0.368. The number of hydrogen-bond acceptors (Lipinski definition) is 4. The highest BCUT2D eigenvalue weighted by molar-refractivity contribution is 5.95. The van der Waals surface area contributed by atoms with Crippen LogP contribution >= 0.6 is 24.8 Å². The zero-order valence-corrected chi connectivity index (χ0v) is 16.7. The molecule has 1 aliphatic rings. The average Bonchev–Trinajstić information content (AvgIpc) is 2.63. The maximum Gasteiger partial charge on any atom is 0.253 e. The number of nitrogens with one attached hydrogen (secondary N) is 2. The van der Waals surface area contributed by atoms with Gasteiger partial charge in [0.05, 0.1) is 5.56 Å². The zero-order valence-electron chi connectivity index (χ0n) is 15.1. The molecule has 1 atom stereocenters. The van der Waals surface area contributed by atoms with Crippen molar-refractivity contribution < 1.29 is 4.79 Å². The smallest absolute Gasteiger partial charge is 0.253 e. The molecule has 2 N–H and O–H groups in total. The van der Waals surface area contributed by atoms with Crippen molar-refractivity contribution in [2.24, 2.45) is 0 Å². The molecule has 1 amide bonds. The van der Waals surface area contributed by atoms with Crippen molar-refractivity contribution in [1.29, 1.82) is 0 Å². The summed E-state index contributed by atoms with van der Waals surface area (Å²) in [6.45, 7) is 1.87. The predicted molar refractivity (Wildman–Crippen MR) is 112 cm³/mol. The number of carbonyl (C=O) groups excluding carboxylic acids is 1. The largest absolute Gasteiger partial charge is 0.378 e. The summed E-state index contributed by atoms with van der Waals surface area (Å²) in [7, 11) is 4.03. The van der Waals surface area contributed by atoms with Gasteiger partial charge in [0.15, 0.2) is 0 Å². The molecule has 1 aliphatic heterocycles. The van der Waals surface area contributed by atoms with E-state index in [-0.39, 0.29) is 36.8 Å². The number of hydrogen-bond donors (Lipinski definition) is 2. The average molecular weight is 397 g/mol. The minimum atomic E-state index is -0.0528. The van der Waals surface area contributed by atoms with Crippen molar-refractivity contribution in [3.63, 3.8) is 0 Å². The molecule has 1 saturated heterocycles. The summed E-state index contributed by atoms with van der Waals surface area (Å²) in [5.41, 5.74) is 3.76. The number of piperidine rings is 1. The monoisotopic (exact) mass is 396 g/mol. The first-order valence-electron chi connectivity index (χ1n) is 8.38. The van der Waals surface area contributed by atoms with E-state index in [9.17, 15) is 4.79 Å². The van der Waals surface area contributed by atoms with Crippen LogP contribution in [0.4, 0.5) is 5.69 Å². The molecule has 0 radical (unpaired) electrons. The van der Waals surface area contributed by atoms with Gasteiger partial charge in [0.2, 0.25) is 0 Å². The quantitative estimate of drug-likeness (QED) is 0.833. The molecule has 26 heavy (non-hydrogen) atoms. The molecule has 142 valence electrons. The van der Waals surface area contributed by atoms with Crippen LogP contribution in [0, 0.1) is 0 Å². The number of amides is 1. The summed E-state index contributed by atoms with van der Waals surface area (Å²) in [5.74, 6) is -0.0528. The van der Waals surface area contributed by atoms with Crippen molar-refractivity contribution in [3.8, 4) is 11.1 Å². The first kappa shape index (κ1) is 22.2. The number of halogens is 2. The molecule has 2 heterocycles. The lowest BCUT2D eigenvalue weighted by molar-refractivity contribution is 0.0930. The van der Waals surface area contributed by atoms with E-state index in [1.165, 1.54) is 0 Å². The van der Waals surface area contributed by atoms with Crippen LogP contribution < -0.4 is 15.5 Å². The van der Waals surface area contributed by atoms with Crippen LogP contribution in [0.2, 0.25) is 0 Å². The van der Waals surface area contributed by atoms with Crippen LogP contribution in [0.5, 0.6) is 0 Å². The Morgan fingerprint density at radius 2 is 1.88 bits per heavy atom. The van der Waals surface area contributed by atoms with Gasteiger partial charge in [-0.25, -0.2) is 0 Å². The Morgan fingerprint density at radius 1 is 1.15 bits per heavy atom. The van der Waals surface area contributed by atoms with Crippen LogP contribution in [0.3, 0.4) is 0 Å². The molecular weight excluding hydrogens is 371 g/mol. The fourth-order valence-corrected chi connectivity index (χ4v) is 2.92. The highest BCUT2D eigenvalue weighted by Crippen LogP contribution is 2.22. The molecule has 0 bridgehead atoms. The lowest BCUT2D eigenvalue weighted by Crippen LogP contribution is -2.45. The van der Waals surface area contributed by atoms with E-state index >= 15 is 0 Å². The lowest BCUT2D eigenvalue weighted by atomic mass is 10.0. The van der Waals surface area contributed by atoms with Crippen LogP contribution in [0.1, 0.15) is 23.2 Å². The predicted octanol–water partition coefficient (Wildman–Crippen LogP) is 3.14. The van der Waals surface area contributed by atoms with Gasteiger partial charge in [-0.3, -0.25) is 9.78 Å². The Kier molecular flexibility index (Phi) is 8.85. The fourth-order valence-electron chi connectivity index (χ4n) is 2.92. The Labute approximate surface area is 167 Å². The van der Waals surface area contributed by atoms with Gasteiger partial charge in [-0.05, 0) is 43.1 Å². The van der Waals surface area contributed by atoms with Gasteiger partial charge in [0, 0.05) is 50.3 Å². The Balaban J connectivity index is 0.00000169. The molecule has 5 nitrogen and oxygen atoms in total. The van der Waals surface area contributed by atoms with Crippen molar-refractivity contribution in [2.45, 2.75) is 18.9 Å². The molecule has 1 aromatic heterocycles. The second-order valence-corrected chi connectivity index (χ2v) is 6.42. The minimum absolute atomic E-state index is 0. The molecule has 0 spiro atoms. The summed E-state index contributed by atoms with van der Waals surface area (Å²) < 4.78 is 0. The third-order valence-electron chi connectivity index (χ3n) is 4.35. The van der Waals surface area contributed by atoms with Gasteiger partial charge < -0.3 is 15.5 Å². The number of pyridine rings is 1. The molecule has 1 unspecified atom stereocenters. The molecule has 0 saturated carbocycles. The highest BCUT2D eigenvalue weighted by atomic mass is 35.5. The first-order chi connectivity index (χ1) is 11.6. The maximum absolute atomic E-state index is 12.5. The zero-order chi connectivity index (χ0) is 16.9. The van der Waals surface area contributed by atoms with E-state index in [0.717, 1.165) is 42.7 Å². The molecule has 0 aliphatic carbocycles. The van der Waals surface area contributed by atoms with Crippen molar-refractivity contribution in [3.05, 3.63) is 48.3 Å². The lowest BCUT2D eigenvalue weighted by Gasteiger charge is -2.23. The van der Waals surface area contributed by atoms with Gasteiger partial charge in [0.1, 0.15) is 0 Å². The number of anilines is 1. The number of aromatic nitrogens is 1. The summed E-state index contributed by atoms with van der Waals surface area (Å²) >= 11 is 0. The molecule has 1 fully saturated rings. The second kappa shape index (κ2) is 10.4. The molecule has 3 rings (SSSR count). The number of rotatable bonds is 4. The van der Waals surface area contributed by atoms with Crippen molar-refractivity contribution >= 4 is 36.4 Å². The number of nitrogens with zero attached hydrogens (tertiary/aromatic N) is 2. The van der Waals surface area contributed by atoms with Crippen LogP contribution in [0.15, 0.2) is 42.7 Å². The van der Waals surface area contributed by atoms with E-state index in [4.69, 9.17) is 0 Å². The summed E-state index contributed by atoms with van der Waals surface area (Å²) in [4.78, 5) is 18.8. The van der Waals surface area contributed by atoms with Gasteiger partial charge in [-0.1, -0.05) is 12.1 Å². The Hall–Kier alpha value is -1.82. The van der Waals surface area contributed by atoms with E-state index < -0.39 is 0 Å². The van der Waals surface area contributed by atoms with Crippen LogP contribution in [-0.4, -0.2) is 44.1 Å². The SMILES string of the molecule is CN(C)c1ccc(-c2cncc(C(=O)NC3CCCNC3)c2)cc1.Cl.Cl. The molecular formula is C19H26Cl2N4O. The van der Waals surface area contributed by atoms with E-state index in [1.54, 1.807) is 12.4 Å². The Morgan fingerprint density at radius 3 is 2.50 bits per heavy atom. The van der Waals surface area contributed by atoms with Crippen molar-refractivity contribution in [2.75, 3.05) is 32.1 Å². The van der Waals surface area contributed by atoms with Crippen LogP contribution in [0.25, 0.3) is 11.1 Å². The highest BCUT2D eigenvalue weighted by Gasteiger charge is 2.16. The summed E-state index contributed by atoms with van der Waals surface area (Å²) in [6.07, 6.45) is 5.55. The Bertz CT molecular complexity index is 701. The molecule has 1 aromatic carbocycles. The summed E-state index contributed by atoms with van der Waals surface area (Å²) in [5, 5.41) is 6.40. The standard InChI is InChI=1S/C19H24N4O.2ClH/c1-23(2)18-7-5-14(6-8-18)15-10-16(12-21-11-15)19(24)22-17-4-3-9-20-13-17;;/h5-8,10-12,17,20H,3-4,9,13H2,1-2H3,(H,22,24);2*1H. The second-order valence-electron chi connectivity index (χ2n) is 6.42. The van der Waals surface area contributed by atoms with Crippen LogP contribution in [-0.2, 0) is 0 Å². The minimum Gasteiger partial charge on any atom is -0.378 e. The third kappa shape index (κ3) is 5.59. The van der Waals surface area contributed by atoms with Gasteiger partial charge >= 0.3 is 0 Å². The number of benzene rings is 1. The molecule has 7 heteroatoms.